The van der Waals surface area contributed by atoms with Crippen LogP contribution in [0.4, 0.5) is 11.4 Å². The molecule has 0 aliphatic carbocycles. The molecular weight excluding hydrogens is 530 g/mol. The van der Waals surface area contributed by atoms with E-state index >= 15 is 0 Å². The van der Waals surface area contributed by atoms with E-state index in [4.69, 9.17) is 0 Å². The quantitative estimate of drug-likeness (QED) is 0.200. The number of nitrogens with zero attached hydrogens (tertiary/aromatic N) is 1. The van der Waals surface area contributed by atoms with Crippen LogP contribution in [-0.4, -0.2) is 31.4 Å². The van der Waals surface area contributed by atoms with Crippen molar-refractivity contribution in [2.24, 2.45) is 5.92 Å². The number of anilines is 2. The maximum absolute atomic E-state index is 13.5. The van der Waals surface area contributed by atoms with Gasteiger partial charge in [0, 0.05) is 36.6 Å². The number of likely N-dealkylation sites (N-methyl/N-ethyl adjacent to an activating group) is 1. The Balaban J connectivity index is 1.13. The number of rotatable bonds is 8. The summed E-state index contributed by atoms with van der Waals surface area (Å²) >= 11 is 0. The topological polar surface area (TPSA) is 61.4 Å². The molecule has 1 aliphatic heterocycles. The van der Waals surface area contributed by atoms with E-state index in [1.54, 1.807) is 0 Å². The molecule has 5 aromatic rings. The number of carbonyl (C=O) groups excluding carboxylic acids is 2. The van der Waals surface area contributed by atoms with Crippen LogP contribution in [-0.2, 0) is 4.79 Å². The van der Waals surface area contributed by atoms with Crippen LogP contribution in [0.3, 0.4) is 0 Å². The third-order valence-electron chi connectivity index (χ3n) is 8.55. The van der Waals surface area contributed by atoms with Crippen LogP contribution in [0.2, 0.25) is 0 Å². The Morgan fingerprint density at radius 2 is 1.40 bits per heavy atom. The number of piperidine rings is 1. The van der Waals surface area contributed by atoms with Crippen molar-refractivity contribution in [1.82, 2.24) is 5.32 Å². The molecule has 6 rings (SSSR count). The zero-order valence-corrected chi connectivity index (χ0v) is 24.5. The molecule has 0 saturated carbocycles. The van der Waals surface area contributed by atoms with Gasteiger partial charge in [0.1, 0.15) is 0 Å². The summed E-state index contributed by atoms with van der Waals surface area (Å²) in [4.78, 5) is 28.9. The first kappa shape index (κ1) is 28.2. The molecule has 1 saturated heterocycles. The van der Waals surface area contributed by atoms with Crippen molar-refractivity contribution in [1.29, 1.82) is 0 Å². The lowest BCUT2D eigenvalue weighted by molar-refractivity contribution is -0.123. The maximum atomic E-state index is 13.5. The van der Waals surface area contributed by atoms with Gasteiger partial charge in [-0.3, -0.25) is 9.59 Å². The first-order valence-electron chi connectivity index (χ1n) is 15.2. The Bertz CT molecular complexity index is 1700. The number of fused-ring (bicyclic) bond motifs is 1. The highest BCUT2D eigenvalue weighted by Crippen LogP contribution is 2.35. The number of hydrogen-bond acceptors (Lipinski definition) is 3. The summed E-state index contributed by atoms with van der Waals surface area (Å²) in [7, 11) is 0. The summed E-state index contributed by atoms with van der Waals surface area (Å²) in [6, 6.07) is 40.5. The molecular formula is C38H37N3O2. The third-order valence-corrected chi connectivity index (χ3v) is 8.55. The van der Waals surface area contributed by atoms with Crippen molar-refractivity contribution < 1.29 is 9.59 Å². The van der Waals surface area contributed by atoms with E-state index in [0.29, 0.717) is 18.0 Å². The summed E-state index contributed by atoms with van der Waals surface area (Å²) in [5.74, 6) is 0.159. The molecule has 1 heterocycles. The molecule has 0 radical (unpaired) electrons. The number of benzene rings is 5. The Morgan fingerprint density at radius 3 is 2.16 bits per heavy atom. The van der Waals surface area contributed by atoms with Gasteiger partial charge in [-0.1, -0.05) is 91.0 Å². The fraction of sp³-hybridized carbons (Fsp3) is 0.211. The Kier molecular flexibility index (Phi) is 8.50. The molecule has 1 aliphatic rings. The molecule has 1 fully saturated rings. The number of carbonyl (C=O) groups is 2. The average molecular weight is 568 g/mol. The highest BCUT2D eigenvalue weighted by Gasteiger charge is 2.32. The SMILES string of the molecule is CCNC(=O)C(c1ccccc1)C1CCN(c2ccc(NC(=O)c3ccccc3-c3cccc4ccccc34)cc2)CC1. The summed E-state index contributed by atoms with van der Waals surface area (Å²) in [5.41, 5.74) is 5.58. The lowest BCUT2D eigenvalue weighted by Gasteiger charge is -2.37. The van der Waals surface area contributed by atoms with Gasteiger partial charge >= 0.3 is 0 Å². The van der Waals surface area contributed by atoms with Crippen LogP contribution in [0.1, 0.15) is 41.6 Å². The molecule has 5 nitrogen and oxygen atoms in total. The Labute approximate surface area is 253 Å². The smallest absolute Gasteiger partial charge is 0.256 e. The molecule has 0 aromatic heterocycles. The van der Waals surface area contributed by atoms with E-state index in [-0.39, 0.29) is 17.7 Å². The van der Waals surface area contributed by atoms with E-state index in [9.17, 15) is 9.59 Å². The second-order valence-corrected chi connectivity index (χ2v) is 11.2. The summed E-state index contributed by atoms with van der Waals surface area (Å²) in [6.45, 7) is 4.38. The van der Waals surface area contributed by atoms with E-state index in [2.05, 4.69) is 64.1 Å². The third kappa shape index (κ3) is 6.17. The van der Waals surface area contributed by atoms with Crippen molar-refractivity contribution in [2.45, 2.75) is 25.7 Å². The van der Waals surface area contributed by atoms with Gasteiger partial charge in [-0.25, -0.2) is 0 Å². The predicted molar refractivity (Wildman–Crippen MR) is 177 cm³/mol. The molecule has 0 spiro atoms. The van der Waals surface area contributed by atoms with Crippen molar-refractivity contribution in [3.05, 3.63) is 132 Å². The molecule has 2 amide bonds. The summed E-state index contributed by atoms with van der Waals surface area (Å²) in [5, 5.41) is 8.43. The fourth-order valence-electron chi connectivity index (χ4n) is 6.40. The van der Waals surface area contributed by atoms with Gasteiger partial charge in [0.05, 0.1) is 5.92 Å². The van der Waals surface area contributed by atoms with Gasteiger partial charge < -0.3 is 15.5 Å². The second kappa shape index (κ2) is 13.0. The maximum Gasteiger partial charge on any atom is 0.256 e. The number of hydrogen-bond donors (Lipinski definition) is 2. The molecule has 1 unspecified atom stereocenters. The lowest BCUT2D eigenvalue weighted by atomic mass is 9.79. The van der Waals surface area contributed by atoms with E-state index in [1.807, 2.05) is 79.7 Å². The summed E-state index contributed by atoms with van der Waals surface area (Å²) < 4.78 is 0. The molecule has 43 heavy (non-hydrogen) atoms. The van der Waals surface area contributed by atoms with Crippen LogP contribution in [0.15, 0.2) is 121 Å². The first-order valence-corrected chi connectivity index (χ1v) is 15.2. The number of nitrogens with one attached hydrogen (secondary N) is 2. The Hall–Kier alpha value is -4.90. The van der Waals surface area contributed by atoms with E-state index < -0.39 is 0 Å². The molecule has 5 heteroatoms. The zero-order valence-electron chi connectivity index (χ0n) is 24.5. The van der Waals surface area contributed by atoms with Crippen molar-refractivity contribution in [3.8, 4) is 11.1 Å². The van der Waals surface area contributed by atoms with Crippen molar-refractivity contribution in [2.75, 3.05) is 29.9 Å². The molecule has 0 bridgehead atoms. The van der Waals surface area contributed by atoms with Crippen LogP contribution in [0, 0.1) is 5.92 Å². The van der Waals surface area contributed by atoms with Crippen LogP contribution >= 0.6 is 0 Å². The second-order valence-electron chi connectivity index (χ2n) is 11.2. The highest BCUT2D eigenvalue weighted by molar-refractivity contribution is 6.11. The molecule has 1 atom stereocenters. The average Bonchev–Trinajstić information content (AvgIpc) is 3.06. The van der Waals surface area contributed by atoms with Crippen LogP contribution in [0.5, 0.6) is 0 Å². The van der Waals surface area contributed by atoms with Gasteiger partial charge in [0.25, 0.3) is 5.91 Å². The summed E-state index contributed by atoms with van der Waals surface area (Å²) in [6.07, 6.45) is 1.89. The monoisotopic (exact) mass is 567 g/mol. The zero-order chi connectivity index (χ0) is 29.6. The minimum atomic E-state index is -0.130. The van der Waals surface area contributed by atoms with Gasteiger partial charge in [-0.2, -0.15) is 0 Å². The van der Waals surface area contributed by atoms with Crippen molar-refractivity contribution in [3.63, 3.8) is 0 Å². The van der Waals surface area contributed by atoms with Gasteiger partial charge in [-0.05, 0) is 83.5 Å². The minimum Gasteiger partial charge on any atom is -0.372 e. The molecule has 5 aromatic carbocycles. The van der Waals surface area contributed by atoms with Gasteiger partial charge in [0.15, 0.2) is 0 Å². The van der Waals surface area contributed by atoms with Gasteiger partial charge in [-0.15, -0.1) is 0 Å². The fourth-order valence-corrected chi connectivity index (χ4v) is 6.40. The standard InChI is InChI=1S/C38H37N3O2/c1-2-39-38(43)36(28-12-4-3-5-13-28)29-23-25-41(26-24-29)31-21-19-30(20-22-31)40-37(42)35-17-9-8-16-34(35)33-18-10-14-27-11-6-7-15-32(27)33/h3-22,29,36H,2,23-26H2,1H3,(H,39,43)(H,40,42). The molecule has 2 N–H and O–H groups in total. The Morgan fingerprint density at radius 1 is 0.744 bits per heavy atom. The van der Waals surface area contributed by atoms with Gasteiger partial charge in [0.2, 0.25) is 5.91 Å². The van der Waals surface area contributed by atoms with E-state index in [0.717, 1.165) is 64.8 Å². The number of amides is 2. The largest absolute Gasteiger partial charge is 0.372 e. The minimum absolute atomic E-state index is 0.120. The van der Waals surface area contributed by atoms with Crippen LogP contribution < -0.4 is 15.5 Å². The molecule has 216 valence electrons. The van der Waals surface area contributed by atoms with Crippen LogP contribution in [0.25, 0.3) is 21.9 Å². The van der Waals surface area contributed by atoms with Crippen molar-refractivity contribution >= 4 is 34.0 Å². The first-order chi connectivity index (χ1) is 21.1. The lowest BCUT2D eigenvalue weighted by Crippen LogP contribution is -2.40. The normalized spacial score (nSPS) is 14.3. The predicted octanol–water partition coefficient (Wildman–Crippen LogP) is 7.90. The highest BCUT2D eigenvalue weighted by atomic mass is 16.2. The van der Waals surface area contributed by atoms with E-state index in [1.165, 1.54) is 0 Å².